The Labute approximate surface area is 165 Å². The van der Waals surface area contributed by atoms with Crippen molar-refractivity contribution in [3.63, 3.8) is 0 Å². The van der Waals surface area contributed by atoms with E-state index < -0.39 is 76.8 Å². The van der Waals surface area contributed by atoms with E-state index in [0.717, 1.165) is 15.7 Å². The smallest absolute Gasteiger partial charge is 0.274 e. The Bertz CT molecular complexity index is 1060. The van der Waals surface area contributed by atoms with E-state index in [1.54, 1.807) is 0 Å². The lowest BCUT2D eigenvalue weighted by Crippen LogP contribution is -2.44. The number of fused-ring (bicyclic) bond motifs is 1. The molecular formula is C18H14F5N3O4. The number of carbonyl (C=O) groups excluding carboxylic acids is 2. The lowest BCUT2D eigenvalue weighted by molar-refractivity contribution is 0.0491. The highest BCUT2D eigenvalue weighted by molar-refractivity contribution is 5.99. The van der Waals surface area contributed by atoms with Crippen LogP contribution in [-0.2, 0) is 13.1 Å². The van der Waals surface area contributed by atoms with Crippen molar-refractivity contribution >= 4 is 11.8 Å². The molecular weight excluding hydrogens is 417 g/mol. The van der Waals surface area contributed by atoms with Gasteiger partial charge in [0.2, 0.25) is 5.43 Å². The number of carbonyl (C=O) groups is 2. The molecule has 0 atom stereocenters. The summed E-state index contributed by atoms with van der Waals surface area (Å²) in [5.74, 6) is -6.87. The lowest BCUT2D eigenvalue weighted by Gasteiger charge is -2.30. The zero-order valence-electron chi connectivity index (χ0n) is 15.1. The monoisotopic (exact) mass is 431 g/mol. The largest absolute Gasteiger partial charge is 0.503 e. The van der Waals surface area contributed by atoms with Crippen LogP contribution in [0.15, 0.2) is 23.1 Å². The van der Waals surface area contributed by atoms with Gasteiger partial charge in [-0.2, -0.15) is 0 Å². The highest BCUT2D eigenvalue weighted by Gasteiger charge is 2.32. The summed E-state index contributed by atoms with van der Waals surface area (Å²) in [6.07, 6.45) is -1.87. The zero-order chi connectivity index (χ0) is 22.2. The number of benzene rings is 1. The summed E-state index contributed by atoms with van der Waals surface area (Å²) in [6.45, 7) is -1.84. The van der Waals surface area contributed by atoms with Gasteiger partial charge in [0.1, 0.15) is 23.0 Å². The molecule has 1 aliphatic heterocycles. The first-order chi connectivity index (χ1) is 14.1. The van der Waals surface area contributed by atoms with E-state index in [1.165, 1.54) is 0 Å². The van der Waals surface area contributed by atoms with Gasteiger partial charge in [0.25, 0.3) is 18.2 Å². The van der Waals surface area contributed by atoms with Crippen LogP contribution in [0.5, 0.6) is 5.75 Å². The maximum Gasteiger partial charge on any atom is 0.274 e. The second-order valence-electron chi connectivity index (χ2n) is 6.44. The number of nitrogens with one attached hydrogen (secondary N) is 1. The summed E-state index contributed by atoms with van der Waals surface area (Å²) in [5, 5.41) is 12.2. The van der Waals surface area contributed by atoms with Crippen molar-refractivity contribution < 1.29 is 36.6 Å². The number of rotatable bonds is 5. The molecule has 0 saturated heterocycles. The predicted molar refractivity (Wildman–Crippen MR) is 91.8 cm³/mol. The summed E-state index contributed by atoms with van der Waals surface area (Å²) < 4.78 is 66.5. The third-order valence-electron chi connectivity index (χ3n) is 4.49. The second kappa shape index (κ2) is 8.13. The summed E-state index contributed by atoms with van der Waals surface area (Å²) in [7, 11) is 0. The van der Waals surface area contributed by atoms with Gasteiger partial charge in [-0.1, -0.05) is 0 Å². The van der Waals surface area contributed by atoms with Crippen LogP contribution in [0.25, 0.3) is 0 Å². The van der Waals surface area contributed by atoms with Crippen molar-refractivity contribution in [2.45, 2.75) is 19.5 Å². The second-order valence-corrected chi connectivity index (χ2v) is 6.44. The van der Waals surface area contributed by atoms with E-state index in [9.17, 15) is 41.4 Å². The molecule has 7 nitrogen and oxygen atoms in total. The third-order valence-corrected chi connectivity index (χ3v) is 4.49. The number of nitrogens with zero attached hydrogens (tertiary/aromatic N) is 2. The molecule has 3 rings (SSSR count). The average molecular weight is 431 g/mol. The molecule has 0 spiro atoms. The fraction of sp³-hybridized carbons (Fsp3) is 0.278. The van der Waals surface area contributed by atoms with Crippen LogP contribution in [0.4, 0.5) is 22.0 Å². The topological polar surface area (TPSA) is 91.6 Å². The first kappa shape index (κ1) is 21.3. The third kappa shape index (κ3) is 3.98. The molecule has 0 bridgehead atoms. The average Bonchev–Trinajstić information content (AvgIpc) is 2.65. The van der Waals surface area contributed by atoms with Gasteiger partial charge in [-0.05, 0) is 0 Å². The standard InChI is InChI=1S/C18H14F5N3O4/c19-8-3-11(20)9(12(21)4-8)5-24-17(29)10-6-25-1-2-26(7-13(22)23)18(30)14(25)16(28)15(10)27/h3-4,6,13,28H,1-2,5,7H2,(H,24,29). The molecule has 0 unspecified atom stereocenters. The summed E-state index contributed by atoms with van der Waals surface area (Å²) in [6, 6.07) is 0.835. The number of alkyl halides is 2. The quantitative estimate of drug-likeness (QED) is 0.704. The lowest BCUT2D eigenvalue weighted by atomic mass is 10.1. The first-order valence-electron chi connectivity index (χ1n) is 8.55. The molecule has 0 fully saturated rings. The molecule has 2 aromatic rings. The van der Waals surface area contributed by atoms with Crippen LogP contribution >= 0.6 is 0 Å². The molecule has 2 heterocycles. The Morgan fingerprint density at radius 3 is 2.37 bits per heavy atom. The van der Waals surface area contributed by atoms with Gasteiger partial charge in [-0.3, -0.25) is 14.4 Å². The molecule has 12 heteroatoms. The normalized spacial score (nSPS) is 13.5. The van der Waals surface area contributed by atoms with E-state index in [2.05, 4.69) is 5.32 Å². The van der Waals surface area contributed by atoms with Gasteiger partial charge >= 0.3 is 0 Å². The van der Waals surface area contributed by atoms with Crippen molar-refractivity contribution in [2.24, 2.45) is 0 Å². The van der Waals surface area contributed by atoms with E-state index >= 15 is 0 Å². The SMILES string of the molecule is O=C(NCc1c(F)cc(F)cc1F)c1cn2c(c(O)c1=O)C(=O)N(CC(F)F)CC2. The van der Waals surface area contributed by atoms with Gasteiger partial charge in [0.15, 0.2) is 11.4 Å². The van der Waals surface area contributed by atoms with Crippen molar-refractivity contribution in [3.05, 3.63) is 62.8 Å². The van der Waals surface area contributed by atoms with Gasteiger partial charge in [0.05, 0.1) is 6.54 Å². The number of aromatic hydroxyl groups is 1. The van der Waals surface area contributed by atoms with Crippen molar-refractivity contribution in [3.8, 4) is 5.75 Å². The number of amides is 2. The number of aromatic nitrogens is 1. The number of hydrogen-bond donors (Lipinski definition) is 2. The predicted octanol–water partition coefficient (Wildman–Crippen LogP) is 1.62. The van der Waals surface area contributed by atoms with Gasteiger partial charge in [-0.25, -0.2) is 22.0 Å². The van der Waals surface area contributed by atoms with Crippen molar-refractivity contribution in [1.82, 2.24) is 14.8 Å². The molecule has 0 aliphatic carbocycles. The van der Waals surface area contributed by atoms with Crippen molar-refractivity contribution in [1.29, 1.82) is 0 Å². The molecule has 1 aromatic carbocycles. The van der Waals surface area contributed by atoms with Crippen LogP contribution in [0.3, 0.4) is 0 Å². The fourth-order valence-electron chi connectivity index (χ4n) is 3.04. The van der Waals surface area contributed by atoms with Crippen LogP contribution < -0.4 is 10.7 Å². The number of hydrogen-bond acceptors (Lipinski definition) is 4. The molecule has 30 heavy (non-hydrogen) atoms. The molecule has 2 N–H and O–H groups in total. The Morgan fingerprint density at radius 2 is 1.77 bits per heavy atom. The summed E-state index contributed by atoms with van der Waals surface area (Å²) in [5.41, 5.74) is -3.08. The van der Waals surface area contributed by atoms with E-state index in [1.807, 2.05) is 0 Å². The molecule has 1 aliphatic rings. The molecule has 1 aromatic heterocycles. The Balaban J connectivity index is 1.86. The van der Waals surface area contributed by atoms with Gasteiger partial charge in [-0.15, -0.1) is 0 Å². The fourth-order valence-corrected chi connectivity index (χ4v) is 3.04. The number of halogens is 5. The van der Waals surface area contributed by atoms with Crippen LogP contribution in [0.2, 0.25) is 0 Å². The maximum atomic E-state index is 13.7. The Morgan fingerprint density at radius 1 is 1.13 bits per heavy atom. The van der Waals surface area contributed by atoms with E-state index in [4.69, 9.17) is 0 Å². The Kier molecular flexibility index (Phi) is 5.76. The van der Waals surface area contributed by atoms with E-state index in [0.29, 0.717) is 12.1 Å². The molecule has 0 radical (unpaired) electrons. The van der Waals surface area contributed by atoms with Crippen LogP contribution in [-0.4, -0.2) is 45.9 Å². The van der Waals surface area contributed by atoms with Crippen LogP contribution in [0, 0.1) is 17.5 Å². The minimum Gasteiger partial charge on any atom is -0.503 e. The van der Waals surface area contributed by atoms with E-state index in [-0.39, 0.29) is 13.1 Å². The molecule has 0 saturated carbocycles. The Hall–Kier alpha value is -3.44. The number of pyridine rings is 1. The highest BCUT2D eigenvalue weighted by Crippen LogP contribution is 2.21. The maximum absolute atomic E-state index is 13.7. The minimum absolute atomic E-state index is 0.0802. The molecule has 160 valence electrons. The molecule has 2 amide bonds. The van der Waals surface area contributed by atoms with Crippen molar-refractivity contribution in [2.75, 3.05) is 13.1 Å². The summed E-state index contributed by atoms with van der Waals surface area (Å²) in [4.78, 5) is 37.7. The highest BCUT2D eigenvalue weighted by atomic mass is 19.3. The summed E-state index contributed by atoms with van der Waals surface area (Å²) >= 11 is 0. The van der Waals surface area contributed by atoms with Gasteiger partial charge in [0, 0.05) is 43.5 Å². The minimum atomic E-state index is -2.81. The van der Waals surface area contributed by atoms with Crippen LogP contribution in [0.1, 0.15) is 26.4 Å². The first-order valence-corrected chi connectivity index (χ1v) is 8.55. The van der Waals surface area contributed by atoms with Gasteiger partial charge < -0.3 is 19.9 Å². The zero-order valence-corrected chi connectivity index (χ0v) is 15.1.